The molecule has 0 aromatic carbocycles. The van der Waals surface area contributed by atoms with Gasteiger partial charge in [0.1, 0.15) is 11.6 Å². The van der Waals surface area contributed by atoms with Crippen molar-refractivity contribution in [1.29, 1.82) is 0 Å². The molecule has 1 saturated heterocycles. The van der Waals surface area contributed by atoms with Crippen molar-refractivity contribution in [3.05, 3.63) is 11.6 Å². The molecule has 0 N–H and O–H groups in total. The molecule has 19 heavy (non-hydrogen) atoms. The Morgan fingerprint density at radius 1 is 1.37 bits per heavy atom. The number of methoxy groups -OCH3 is 1. The standard InChI is InChI=1S/C13H22BrN3O2/c1-18-9-7-17-12(15-16-13(17)10-14)6-5-11-4-2-3-8-19-11/h11H,2-10H2,1H3. The molecular formula is C13H22BrN3O2. The van der Waals surface area contributed by atoms with E-state index in [4.69, 9.17) is 9.47 Å². The molecule has 2 rings (SSSR count). The van der Waals surface area contributed by atoms with Crippen molar-refractivity contribution in [2.45, 2.75) is 50.1 Å². The van der Waals surface area contributed by atoms with Gasteiger partial charge in [0, 0.05) is 26.7 Å². The number of hydrogen-bond donors (Lipinski definition) is 0. The maximum atomic E-state index is 5.76. The Bertz CT molecular complexity index is 378. The van der Waals surface area contributed by atoms with Crippen molar-refractivity contribution in [3.8, 4) is 0 Å². The highest BCUT2D eigenvalue weighted by Crippen LogP contribution is 2.18. The Morgan fingerprint density at radius 3 is 2.89 bits per heavy atom. The van der Waals surface area contributed by atoms with Crippen molar-refractivity contribution >= 4 is 15.9 Å². The van der Waals surface area contributed by atoms with Crippen molar-refractivity contribution < 1.29 is 9.47 Å². The first-order chi connectivity index (χ1) is 9.35. The summed E-state index contributed by atoms with van der Waals surface area (Å²) in [5.74, 6) is 2.01. The zero-order valence-electron chi connectivity index (χ0n) is 11.5. The monoisotopic (exact) mass is 331 g/mol. The van der Waals surface area contributed by atoms with Crippen LogP contribution in [0.1, 0.15) is 37.3 Å². The van der Waals surface area contributed by atoms with E-state index >= 15 is 0 Å². The summed E-state index contributed by atoms with van der Waals surface area (Å²) in [5, 5.41) is 9.24. The molecule has 1 aliphatic heterocycles. The number of ether oxygens (including phenoxy) is 2. The number of rotatable bonds is 7. The van der Waals surface area contributed by atoms with E-state index < -0.39 is 0 Å². The Hall–Kier alpha value is -0.460. The van der Waals surface area contributed by atoms with E-state index in [-0.39, 0.29) is 0 Å². The van der Waals surface area contributed by atoms with Gasteiger partial charge in [0.25, 0.3) is 0 Å². The van der Waals surface area contributed by atoms with Crippen LogP contribution in [0.15, 0.2) is 0 Å². The lowest BCUT2D eigenvalue weighted by Gasteiger charge is -2.22. The largest absolute Gasteiger partial charge is 0.383 e. The van der Waals surface area contributed by atoms with Crippen LogP contribution in [0.5, 0.6) is 0 Å². The Balaban J connectivity index is 1.92. The lowest BCUT2D eigenvalue weighted by Crippen LogP contribution is -2.20. The average Bonchev–Trinajstić information content (AvgIpc) is 2.86. The number of nitrogens with zero attached hydrogens (tertiary/aromatic N) is 3. The summed E-state index contributed by atoms with van der Waals surface area (Å²) in [4.78, 5) is 0. The van der Waals surface area contributed by atoms with E-state index in [1.165, 1.54) is 19.3 Å². The molecule has 108 valence electrons. The fraction of sp³-hybridized carbons (Fsp3) is 0.846. The van der Waals surface area contributed by atoms with Crippen LogP contribution in [-0.2, 0) is 27.8 Å². The van der Waals surface area contributed by atoms with Crippen LogP contribution >= 0.6 is 15.9 Å². The summed E-state index contributed by atoms with van der Waals surface area (Å²) in [6.07, 6.45) is 6.02. The van der Waals surface area contributed by atoms with Crippen molar-refractivity contribution in [3.63, 3.8) is 0 Å². The second-order valence-electron chi connectivity index (χ2n) is 4.84. The fourth-order valence-electron chi connectivity index (χ4n) is 2.42. The van der Waals surface area contributed by atoms with Crippen LogP contribution in [0.25, 0.3) is 0 Å². The topological polar surface area (TPSA) is 49.2 Å². The zero-order valence-corrected chi connectivity index (χ0v) is 13.1. The van der Waals surface area contributed by atoms with E-state index in [1.54, 1.807) is 7.11 Å². The van der Waals surface area contributed by atoms with Crippen LogP contribution in [0, 0.1) is 0 Å². The Kier molecular flexibility index (Phi) is 6.26. The third-order valence-electron chi connectivity index (χ3n) is 3.51. The minimum atomic E-state index is 0.397. The van der Waals surface area contributed by atoms with E-state index in [0.29, 0.717) is 12.7 Å². The van der Waals surface area contributed by atoms with Gasteiger partial charge in [-0.1, -0.05) is 15.9 Å². The van der Waals surface area contributed by atoms with Crippen LogP contribution in [-0.4, -0.2) is 41.2 Å². The van der Waals surface area contributed by atoms with Crippen LogP contribution < -0.4 is 0 Å². The van der Waals surface area contributed by atoms with E-state index in [0.717, 1.165) is 43.0 Å². The van der Waals surface area contributed by atoms with Gasteiger partial charge in [-0.2, -0.15) is 0 Å². The van der Waals surface area contributed by atoms with Gasteiger partial charge >= 0.3 is 0 Å². The molecule has 2 heterocycles. The second-order valence-corrected chi connectivity index (χ2v) is 5.40. The zero-order chi connectivity index (χ0) is 13.5. The van der Waals surface area contributed by atoms with Crippen LogP contribution in [0.3, 0.4) is 0 Å². The first-order valence-electron chi connectivity index (χ1n) is 6.92. The number of alkyl halides is 1. The lowest BCUT2D eigenvalue weighted by atomic mass is 10.0. The van der Waals surface area contributed by atoms with Gasteiger partial charge in [-0.25, -0.2) is 0 Å². The van der Waals surface area contributed by atoms with Gasteiger partial charge in [0.2, 0.25) is 0 Å². The molecule has 1 unspecified atom stereocenters. The molecular weight excluding hydrogens is 310 g/mol. The average molecular weight is 332 g/mol. The maximum absolute atomic E-state index is 5.76. The van der Waals surface area contributed by atoms with Gasteiger partial charge in [0.15, 0.2) is 0 Å². The normalized spacial score (nSPS) is 19.8. The number of hydrogen-bond acceptors (Lipinski definition) is 4. The highest BCUT2D eigenvalue weighted by Gasteiger charge is 2.16. The summed E-state index contributed by atoms with van der Waals surface area (Å²) in [6, 6.07) is 0. The molecule has 5 nitrogen and oxygen atoms in total. The number of aryl methyl sites for hydroxylation is 1. The first-order valence-corrected chi connectivity index (χ1v) is 8.04. The third-order valence-corrected chi connectivity index (χ3v) is 4.01. The molecule has 0 bridgehead atoms. The molecule has 0 saturated carbocycles. The number of aromatic nitrogens is 3. The van der Waals surface area contributed by atoms with Crippen molar-refractivity contribution in [2.24, 2.45) is 0 Å². The summed E-state index contributed by atoms with van der Waals surface area (Å²) in [6.45, 7) is 2.41. The molecule has 1 aromatic heterocycles. The predicted octanol–water partition coefficient (Wildman–Crippen LogP) is 2.32. The van der Waals surface area contributed by atoms with E-state index in [9.17, 15) is 0 Å². The van der Waals surface area contributed by atoms with E-state index in [1.807, 2.05) is 0 Å². The molecule has 1 atom stereocenters. The summed E-state index contributed by atoms with van der Waals surface area (Å²) in [7, 11) is 1.72. The van der Waals surface area contributed by atoms with Crippen molar-refractivity contribution in [1.82, 2.24) is 14.8 Å². The van der Waals surface area contributed by atoms with Gasteiger partial charge in [-0.05, 0) is 25.7 Å². The smallest absolute Gasteiger partial charge is 0.143 e. The predicted molar refractivity (Wildman–Crippen MR) is 76.4 cm³/mol. The fourth-order valence-corrected chi connectivity index (χ4v) is 2.84. The van der Waals surface area contributed by atoms with Gasteiger partial charge < -0.3 is 14.0 Å². The third kappa shape index (κ3) is 4.26. The summed E-state index contributed by atoms with van der Waals surface area (Å²) < 4.78 is 13.1. The first kappa shape index (κ1) is 14.9. The minimum absolute atomic E-state index is 0.397. The SMILES string of the molecule is COCCn1c(CBr)nnc1CCC1CCCCO1. The molecule has 1 fully saturated rings. The highest BCUT2D eigenvalue weighted by molar-refractivity contribution is 9.08. The van der Waals surface area contributed by atoms with Gasteiger partial charge in [0.05, 0.1) is 18.0 Å². The van der Waals surface area contributed by atoms with Crippen LogP contribution in [0.2, 0.25) is 0 Å². The molecule has 1 aliphatic rings. The van der Waals surface area contributed by atoms with Gasteiger partial charge in [-0.3, -0.25) is 0 Å². The van der Waals surface area contributed by atoms with Gasteiger partial charge in [-0.15, -0.1) is 10.2 Å². The summed E-state index contributed by atoms with van der Waals surface area (Å²) in [5.41, 5.74) is 0. The van der Waals surface area contributed by atoms with Crippen molar-refractivity contribution in [2.75, 3.05) is 20.3 Å². The Labute approximate surface area is 122 Å². The number of halogens is 1. The lowest BCUT2D eigenvalue weighted by molar-refractivity contribution is 0.0110. The molecule has 0 spiro atoms. The Morgan fingerprint density at radius 2 is 2.21 bits per heavy atom. The molecule has 1 aromatic rings. The maximum Gasteiger partial charge on any atom is 0.143 e. The quantitative estimate of drug-likeness (QED) is 0.719. The highest BCUT2D eigenvalue weighted by atomic mass is 79.9. The molecule has 0 radical (unpaired) electrons. The van der Waals surface area contributed by atoms with Crippen LogP contribution in [0.4, 0.5) is 0 Å². The van der Waals surface area contributed by atoms with E-state index in [2.05, 4.69) is 30.7 Å². The minimum Gasteiger partial charge on any atom is -0.383 e. The molecule has 0 amide bonds. The second kappa shape index (κ2) is 7.97. The summed E-state index contributed by atoms with van der Waals surface area (Å²) >= 11 is 3.45. The molecule has 6 heteroatoms. The molecule has 0 aliphatic carbocycles.